The Balaban J connectivity index is 1.45. The summed E-state index contributed by atoms with van der Waals surface area (Å²) in [6.45, 7) is 4.39. The van der Waals surface area contributed by atoms with E-state index >= 15 is 0 Å². The molecule has 0 aliphatic heterocycles. The zero-order valence-corrected chi connectivity index (χ0v) is 19.2. The molecule has 2 fully saturated rings. The van der Waals surface area contributed by atoms with Crippen molar-refractivity contribution in [2.24, 2.45) is 17.3 Å². The maximum atomic E-state index is 11.2. The number of fused-ring (bicyclic) bond motifs is 5. The van der Waals surface area contributed by atoms with Crippen LogP contribution in [0, 0.1) is 29.6 Å². The number of benzene rings is 2. The topological polar surface area (TPSA) is 40.5 Å². The third-order valence-corrected chi connectivity index (χ3v) is 9.13. The Morgan fingerprint density at radius 3 is 2.66 bits per heavy atom. The first kappa shape index (κ1) is 21.4. The molecule has 2 aromatic rings. The van der Waals surface area contributed by atoms with Gasteiger partial charge in [-0.1, -0.05) is 68.3 Å². The van der Waals surface area contributed by atoms with Crippen LogP contribution >= 0.6 is 0 Å². The van der Waals surface area contributed by atoms with Crippen molar-refractivity contribution in [1.29, 1.82) is 0 Å². The van der Waals surface area contributed by atoms with Gasteiger partial charge in [0.1, 0.15) is 11.4 Å². The maximum Gasteiger partial charge on any atom is 0.130 e. The van der Waals surface area contributed by atoms with Crippen LogP contribution in [0.25, 0.3) is 6.08 Å². The minimum atomic E-state index is -0.959. The Hall–Kier alpha value is -2.50. The summed E-state index contributed by atoms with van der Waals surface area (Å²) >= 11 is 0. The van der Waals surface area contributed by atoms with Crippen LogP contribution in [0.4, 0.5) is 0 Å². The molecule has 166 valence electrons. The molecule has 2 N–H and O–H groups in total. The monoisotopic (exact) mass is 426 g/mol. The summed E-state index contributed by atoms with van der Waals surface area (Å²) in [5.74, 6) is 4.86. The predicted octanol–water partition coefficient (Wildman–Crippen LogP) is 6.43. The van der Waals surface area contributed by atoms with Crippen LogP contribution < -0.4 is 0 Å². The second-order valence-corrected chi connectivity index (χ2v) is 10.6. The lowest BCUT2D eigenvalue weighted by Gasteiger charge is -2.52. The average Bonchev–Trinajstić information content (AvgIpc) is 3.08. The number of hydrogen-bond donors (Lipinski definition) is 2. The lowest BCUT2D eigenvalue weighted by atomic mass is 9.53. The van der Waals surface area contributed by atoms with Gasteiger partial charge in [-0.25, -0.2) is 0 Å². The van der Waals surface area contributed by atoms with Crippen molar-refractivity contribution in [3.05, 3.63) is 70.8 Å². The Labute approximate surface area is 192 Å². The minimum Gasteiger partial charge on any atom is -0.508 e. The Morgan fingerprint density at radius 2 is 1.91 bits per heavy atom. The summed E-state index contributed by atoms with van der Waals surface area (Å²) in [5, 5.41) is 22.0. The molecule has 2 aromatic carbocycles. The van der Waals surface area contributed by atoms with Gasteiger partial charge in [-0.05, 0) is 79.0 Å². The molecule has 3 aliphatic carbocycles. The second-order valence-electron chi connectivity index (χ2n) is 10.6. The highest BCUT2D eigenvalue weighted by molar-refractivity contribution is 5.53. The van der Waals surface area contributed by atoms with E-state index in [0.717, 1.165) is 44.1 Å². The largest absolute Gasteiger partial charge is 0.508 e. The van der Waals surface area contributed by atoms with Crippen LogP contribution in [0.5, 0.6) is 5.75 Å². The van der Waals surface area contributed by atoms with Crippen molar-refractivity contribution in [2.75, 3.05) is 0 Å². The molecule has 2 nitrogen and oxygen atoms in total. The number of hydrogen-bond acceptors (Lipinski definition) is 2. The third-order valence-electron chi connectivity index (χ3n) is 9.13. The fourth-order valence-corrected chi connectivity index (χ4v) is 7.17. The zero-order chi connectivity index (χ0) is 22.5. The Bertz CT molecular complexity index is 1080. The highest BCUT2D eigenvalue weighted by Gasteiger charge is 2.61. The quantitative estimate of drug-likeness (QED) is 0.555. The molecule has 0 aromatic heterocycles. The van der Waals surface area contributed by atoms with Gasteiger partial charge in [-0.3, -0.25) is 0 Å². The summed E-state index contributed by atoms with van der Waals surface area (Å²) in [5.41, 5.74) is 3.78. The Kier molecular flexibility index (Phi) is 5.22. The lowest BCUT2D eigenvalue weighted by Crippen LogP contribution is -2.50. The van der Waals surface area contributed by atoms with Crippen LogP contribution in [0.1, 0.15) is 80.0 Å². The molecule has 6 atom stereocenters. The molecule has 1 unspecified atom stereocenters. The van der Waals surface area contributed by atoms with Crippen molar-refractivity contribution in [3.8, 4) is 18.1 Å². The van der Waals surface area contributed by atoms with E-state index in [1.54, 1.807) is 0 Å². The second kappa shape index (κ2) is 7.82. The standard InChI is InChI=1S/C30H34O2/c1-4-30(32)17-15-27-24-13-12-22-18-28(31)25(19-26(22)23(24)14-16-29(27,30)3)20(2)10-11-21-8-6-5-7-9-21/h1,5-11,18-20,23-24,27,31-32H,12-17H2,2-3H3/b11-10-/t20?,23-,24+,27-,29-,30-/m0/s1. The van der Waals surface area contributed by atoms with E-state index in [1.807, 2.05) is 24.3 Å². The normalized spacial score (nSPS) is 34.4. The summed E-state index contributed by atoms with van der Waals surface area (Å²) in [6.07, 6.45) is 16.0. The van der Waals surface area contributed by atoms with Gasteiger partial charge < -0.3 is 10.2 Å². The smallest absolute Gasteiger partial charge is 0.130 e. The zero-order valence-electron chi connectivity index (χ0n) is 19.2. The number of aryl methyl sites for hydroxylation is 1. The van der Waals surface area contributed by atoms with Gasteiger partial charge in [0.25, 0.3) is 0 Å². The molecular formula is C30H34O2. The van der Waals surface area contributed by atoms with Crippen LogP contribution in [0.15, 0.2) is 48.5 Å². The maximum absolute atomic E-state index is 11.2. The first-order chi connectivity index (χ1) is 15.4. The molecule has 0 radical (unpaired) electrons. The minimum absolute atomic E-state index is 0.132. The summed E-state index contributed by atoms with van der Waals surface area (Å²) in [6, 6.07) is 14.6. The molecule has 5 rings (SSSR count). The van der Waals surface area contributed by atoms with E-state index in [2.05, 4.69) is 50.1 Å². The van der Waals surface area contributed by atoms with E-state index in [9.17, 15) is 10.2 Å². The van der Waals surface area contributed by atoms with Crippen LogP contribution in [-0.4, -0.2) is 15.8 Å². The van der Waals surface area contributed by atoms with E-state index in [4.69, 9.17) is 6.42 Å². The number of rotatable bonds is 3. The molecule has 2 saturated carbocycles. The van der Waals surface area contributed by atoms with E-state index < -0.39 is 5.60 Å². The fourth-order valence-electron chi connectivity index (χ4n) is 7.17. The van der Waals surface area contributed by atoms with Crippen molar-refractivity contribution in [3.63, 3.8) is 0 Å². The van der Waals surface area contributed by atoms with Gasteiger partial charge in [0.05, 0.1) is 0 Å². The molecule has 2 heteroatoms. The number of allylic oxidation sites excluding steroid dienone is 1. The SMILES string of the molecule is C#C[C@]1(O)CC[C@H]2[C@@H]3CCc4cc(O)c(C(C)/C=C\c5ccccc5)cc4[C@H]3CC[C@@]21C. The average molecular weight is 427 g/mol. The summed E-state index contributed by atoms with van der Waals surface area (Å²) < 4.78 is 0. The van der Waals surface area contributed by atoms with Crippen molar-refractivity contribution < 1.29 is 10.2 Å². The Morgan fingerprint density at radius 1 is 1.12 bits per heavy atom. The number of aliphatic hydroxyl groups is 1. The lowest BCUT2D eigenvalue weighted by molar-refractivity contribution is -0.0647. The van der Waals surface area contributed by atoms with Gasteiger partial charge in [-0.15, -0.1) is 6.42 Å². The molecule has 0 bridgehead atoms. The van der Waals surface area contributed by atoms with Gasteiger partial charge in [0.2, 0.25) is 0 Å². The van der Waals surface area contributed by atoms with Gasteiger partial charge in [0, 0.05) is 16.9 Å². The van der Waals surface area contributed by atoms with Gasteiger partial charge in [0.15, 0.2) is 0 Å². The number of phenols is 1. The van der Waals surface area contributed by atoms with Crippen molar-refractivity contribution >= 4 is 6.08 Å². The van der Waals surface area contributed by atoms with Crippen LogP contribution in [-0.2, 0) is 6.42 Å². The van der Waals surface area contributed by atoms with E-state index in [-0.39, 0.29) is 11.3 Å². The van der Waals surface area contributed by atoms with Gasteiger partial charge >= 0.3 is 0 Å². The highest BCUT2D eigenvalue weighted by atomic mass is 16.3. The van der Waals surface area contributed by atoms with Gasteiger partial charge in [-0.2, -0.15) is 0 Å². The van der Waals surface area contributed by atoms with Crippen molar-refractivity contribution in [1.82, 2.24) is 0 Å². The fraction of sp³-hybridized carbons (Fsp3) is 0.467. The number of terminal acetylenes is 1. The van der Waals surface area contributed by atoms with Crippen LogP contribution in [0.2, 0.25) is 0 Å². The molecule has 32 heavy (non-hydrogen) atoms. The first-order valence-corrected chi connectivity index (χ1v) is 12.2. The molecular weight excluding hydrogens is 392 g/mol. The van der Waals surface area contributed by atoms with E-state index in [0.29, 0.717) is 23.5 Å². The molecule has 0 amide bonds. The molecule has 0 saturated heterocycles. The molecule has 0 spiro atoms. The molecule has 3 aliphatic rings. The van der Waals surface area contributed by atoms with E-state index in [1.165, 1.54) is 16.7 Å². The number of phenolic OH excluding ortho intramolecular Hbond substituents is 1. The summed E-state index contributed by atoms with van der Waals surface area (Å²) in [4.78, 5) is 0. The van der Waals surface area contributed by atoms with Crippen molar-refractivity contribution in [2.45, 2.75) is 69.8 Å². The first-order valence-electron chi connectivity index (χ1n) is 12.2. The number of aromatic hydroxyl groups is 1. The highest BCUT2D eigenvalue weighted by Crippen LogP contribution is 2.64. The summed E-state index contributed by atoms with van der Waals surface area (Å²) in [7, 11) is 0. The molecule has 0 heterocycles. The van der Waals surface area contributed by atoms with Crippen LogP contribution in [0.3, 0.4) is 0 Å². The predicted molar refractivity (Wildman–Crippen MR) is 130 cm³/mol. The third kappa shape index (κ3) is 3.22.